The second kappa shape index (κ2) is 6.03. The van der Waals surface area contributed by atoms with Crippen molar-refractivity contribution in [1.82, 2.24) is 4.90 Å². The highest BCUT2D eigenvalue weighted by molar-refractivity contribution is 5.94. The zero-order valence-electron chi connectivity index (χ0n) is 11.7. The van der Waals surface area contributed by atoms with Gasteiger partial charge in [0.25, 0.3) is 5.91 Å². The number of rotatable bonds is 4. The molecule has 1 aliphatic carbocycles. The zero-order chi connectivity index (χ0) is 15.6. The van der Waals surface area contributed by atoms with E-state index in [2.05, 4.69) is 0 Å². The standard InChI is InChI=1S/C15H17F4NO/c1-2-20(9-10-5-3-6-10)14(21)11-7-4-8-12(13(11)16)15(17,18)19/h4,7-8,10H,2-3,5-6,9H2,1H3. The smallest absolute Gasteiger partial charge is 0.339 e. The summed E-state index contributed by atoms with van der Waals surface area (Å²) >= 11 is 0. The zero-order valence-corrected chi connectivity index (χ0v) is 11.7. The van der Waals surface area contributed by atoms with E-state index in [1.165, 1.54) is 4.90 Å². The number of hydrogen-bond acceptors (Lipinski definition) is 1. The van der Waals surface area contributed by atoms with E-state index < -0.39 is 29.0 Å². The third-order valence-electron chi connectivity index (χ3n) is 3.91. The fourth-order valence-corrected chi connectivity index (χ4v) is 2.43. The molecule has 1 saturated carbocycles. The summed E-state index contributed by atoms with van der Waals surface area (Å²) in [4.78, 5) is 13.7. The molecule has 2 nitrogen and oxygen atoms in total. The molecule has 1 aromatic carbocycles. The molecule has 116 valence electrons. The molecule has 21 heavy (non-hydrogen) atoms. The van der Waals surface area contributed by atoms with Crippen LogP contribution in [0.25, 0.3) is 0 Å². The van der Waals surface area contributed by atoms with E-state index in [-0.39, 0.29) is 0 Å². The number of hydrogen-bond donors (Lipinski definition) is 0. The molecule has 0 heterocycles. The van der Waals surface area contributed by atoms with Gasteiger partial charge in [-0.1, -0.05) is 12.5 Å². The van der Waals surface area contributed by atoms with Gasteiger partial charge in [-0.15, -0.1) is 0 Å². The Morgan fingerprint density at radius 2 is 2.00 bits per heavy atom. The Bertz CT molecular complexity index is 523. The van der Waals surface area contributed by atoms with E-state index in [1.54, 1.807) is 6.92 Å². The van der Waals surface area contributed by atoms with E-state index in [9.17, 15) is 22.4 Å². The first-order valence-corrected chi connectivity index (χ1v) is 6.99. The Morgan fingerprint density at radius 1 is 1.33 bits per heavy atom. The second-order valence-corrected chi connectivity index (χ2v) is 5.31. The molecule has 1 aliphatic rings. The molecule has 0 unspecified atom stereocenters. The number of carbonyl (C=O) groups excluding carboxylic acids is 1. The highest BCUT2D eigenvalue weighted by Crippen LogP contribution is 2.33. The maximum Gasteiger partial charge on any atom is 0.419 e. The lowest BCUT2D eigenvalue weighted by molar-refractivity contribution is -0.140. The number of benzene rings is 1. The summed E-state index contributed by atoms with van der Waals surface area (Å²) in [6.45, 7) is 2.57. The predicted octanol–water partition coefficient (Wildman–Crippen LogP) is 4.11. The Hall–Kier alpha value is -1.59. The summed E-state index contributed by atoms with van der Waals surface area (Å²) in [5.74, 6) is -1.78. The van der Waals surface area contributed by atoms with Crippen LogP contribution in [0.1, 0.15) is 42.1 Å². The number of alkyl halides is 3. The van der Waals surface area contributed by atoms with Gasteiger partial charge < -0.3 is 4.90 Å². The Balaban J connectivity index is 2.25. The number of halogens is 4. The van der Waals surface area contributed by atoms with Crippen molar-refractivity contribution in [3.8, 4) is 0 Å². The van der Waals surface area contributed by atoms with E-state index >= 15 is 0 Å². The molecule has 1 aromatic rings. The lowest BCUT2D eigenvalue weighted by Crippen LogP contribution is -2.37. The van der Waals surface area contributed by atoms with Gasteiger partial charge in [-0.3, -0.25) is 4.79 Å². The molecule has 1 amide bonds. The molecular formula is C15H17F4NO. The normalized spacial score (nSPS) is 15.7. The molecule has 0 radical (unpaired) electrons. The van der Waals surface area contributed by atoms with Gasteiger partial charge in [0.05, 0.1) is 11.1 Å². The van der Waals surface area contributed by atoms with Crippen LogP contribution in [0.3, 0.4) is 0 Å². The van der Waals surface area contributed by atoms with Gasteiger partial charge in [0, 0.05) is 13.1 Å². The van der Waals surface area contributed by atoms with E-state index in [1.807, 2.05) is 0 Å². The van der Waals surface area contributed by atoms with Gasteiger partial charge in [-0.05, 0) is 37.8 Å². The lowest BCUT2D eigenvalue weighted by atomic mass is 9.85. The lowest BCUT2D eigenvalue weighted by Gasteiger charge is -2.32. The average Bonchev–Trinajstić information content (AvgIpc) is 2.36. The van der Waals surface area contributed by atoms with Crippen LogP contribution in [0, 0.1) is 11.7 Å². The molecule has 0 aromatic heterocycles. The summed E-state index contributed by atoms with van der Waals surface area (Å²) in [5, 5.41) is 0. The number of carbonyl (C=O) groups is 1. The topological polar surface area (TPSA) is 20.3 Å². The van der Waals surface area contributed by atoms with Gasteiger partial charge in [0.15, 0.2) is 0 Å². The van der Waals surface area contributed by atoms with Crippen LogP contribution in [0.5, 0.6) is 0 Å². The highest BCUT2D eigenvalue weighted by atomic mass is 19.4. The van der Waals surface area contributed by atoms with Crippen LogP contribution in [0.2, 0.25) is 0 Å². The van der Waals surface area contributed by atoms with Crippen LogP contribution in [-0.4, -0.2) is 23.9 Å². The minimum atomic E-state index is -4.80. The van der Waals surface area contributed by atoms with Crippen LogP contribution in [0.15, 0.2) is 18.2 Å². The number of nitrogens with zero attached hydrogens (tertiary/aromatic N) is 1. The molecular weight excluding hydrogens is 286 g/mol. The SMILES string of the molecule is CCN(CC1CCC1)C(=O)c1cccc(C(F)(F)F)c1F. The van der Waals surface area contributed by atoms with Crippen LogP contribution in [-0.2, 0) is 6.18 Å². The molecule has 1 fully saturated rings. The second-order valence-electron chi connectivity index (χ2n) is 5.31. The Labute approximate surface area is 120 Å². The first-order valence-electron chi connectivity index (χ1n) is 6.99. The van der Waals surface area contributed by atoms with Crippen LogP contribution in [0.4, 0.5) is 17.6 Å². The molecule has 0 saturated heterocycles. The monoisotopic (exact) mass is 303 g/mol. The maximum atomic E-state index is 14.0. The molecule has 0 atom stereocenters. The van der Waals surface area contributed by atoms with Crippen molar-refractivity contribution < 1.29 is 22.4 Å². The van der Waals surface area contributed by atoms with Gasteiger partial charge in [0.1, 0.15) is 5.82 Å². The predicted molar refractivity (Wildman–Crippen MR) is 70.3 cm³/mol. The summed E-state index contributed by atoms with van der Waals surface area (Å²) in [6.07, 6.45) is -1.68. The highest BCUT2D eigenvalue weighted by Gasteiger charge is 2.36. The molecule has 0 spiro atoms. The minimum absolute atomic E-state index is 0.352. The Morgan fingerprint density at radius 3 is 2.48 bits per heavy atom. The molecule has 0 bridgehead atoms. The van der Waals surface area contributed by atoms with Gasteiger partial charge in [-0.25, -0.2) is 4.39 Å². The van der Waals surface area contributed by atoms with Crippen molar-refractivity contribution in [3.63, 3.8) is 0 Å². The van der Waals surface area contributed by atoms with Crippen molar-refractivity contribution >= 4 is 5.91 Å². The largest absolute Gasteiger partial charge is 0.419 e. The first kappa shape index (κ1) is 15.8. The maximum absolute atomic E-state index is 14.0. The van der Waals surface area contributed by atoms with Crippen molar-refractivity contribution in [2.75, 3.05) is 13.1 Å². The summed E-state index contributed by atoms with van der Waals surface area (Å²) in [5.41, 5.74) is -1.90. The van der Waals surface area contributed by atoms with Crippen LogP contribution < -0.4 is 0 Å². The van der Waals surface area contributed by atoms with Gasteiger partial charge >= 0.3 is 6.18 Å². The fourth-order valence-electron chi connectivity index (χ4n) is 2.43. The fraction of sp³-hybridized carbons (Fsp3) is 0.533. The molecule has 0 aliphatic heterocycles. The third-order valence-corrected chi connectivity index (χ3v) is 3.91. The van der Waals surface area contributed by atoms with Gasteiger partial charge in [-0.2, -0.15) is 13.2 Å². The van der Waals surface area contributed by atoms with E-state index in [0.29, 0.717) is 25.1 Å². The summed E-state index contributed by atoms with van der Waals surface area (Å²) < 4.78 is 52.0. The summed E-state index contributed by atoms with van der Waals surface area (Å²) in [6, 6.07) is 2.82. The van der Waals surface area contributed by atoms with Crippen molar-refractivity contribution in [3.05, 3.63) is 35.1 Å². The minimum Gasteiger partial charge on any atom is -0.339 e. The summed E-state index contributed by atoms with van der Waals surface area (Å²) in [7, 11) is 0. The third kappa shape index (κ3) is 3.36. The average molecular weight is 303 g/mol. The van der Waals surface area contributed by atoms with E-state index in [4.69, 9.17) is 0 Å². The molecule has 6 heteroatoms. The van der Waals surface area contributed by atoms with Crippen molar-refractivity contribution in [2.45, 2.75) is 32.4 Å². The van der Waals surface area contributed by atoms with E-state index in [0.717, 1.165) is 31.4 Å². The Kier molecular flexibility index (Phi) is 4.54. The quantitative estimate of drug-likeness (QED) is 0.767. The van der Waals surface area contributed by atoms with Gasteiger partial charge in [0.2, 0.25) is 0 Å². The van der Waals surface area contributed by atoms with Crippen molar-refractivity contribution in [1.29, 1.82) is 0 Å². The first-order chi connectivity index (χ1) is 9.84. The van der Waals surface area contributed by atoms with Crippen molar-refractivity contribution in [2.24, 2.45) is 5.92 Å². The van der Waals surface area contributed by atoms with Crippen LogP contribution >= 0.6 is 0 Å². The number of amides is 1. The molecule has 2 rings (SSSR count). The molecule has 0 N–H and O–H groups in total.